The molecule has 1 aromatic carbocycles. The second-order valence-electron chi connectivity index (χ2n) is 5.15. The van der Waals surface area contributed by atoms with Gasteiger partial charge in [0.25, 0.3) is 0 Å². The van der Waals surface area contributed by atoms with E-state index in [4.69, 9.17) is 4.74 Å². The van der Waals surface area contributed by atoms with Gasteiger partial charge in [0.1, 0.15) is 6.33 Å². The summed E-state index contributed by atoms with van der Waals surface area (Å²) in [6.07, 6.45) is 1.56. The van der Waals surface area contributed by atoms with Crippen molar-refractivity contribution in [3.8, 4) is 5.69 Å². The summed E-state index contributed by atoms with van der Waals surface area (Å²) in [5, 5.41) is 0. The Morgan fingerprint density at radius 2 is 1.81 bits per heavy atom. The standard InChI is InChI=1S/C15H18N4O2/c1-11-4-3-5-12(2)13(11)19-10-16-14(17-15(19)20)18-6-8-21-9-7-18/h3-5,10H,6-9H2,1-2H3. The van der Waals surface area contributed by atoms with E-state index in [0.29, 0.717) is 32.3 Å². The molecule has 0 atom stereocenters. The van der Waals surface area contributed by atoms with E-state index in [1.54, 1.807) is 6.33 Å². The van der Waals surface area contributed by atoms with E-state index in [1.807, 2.05) is 36.9 Å². The zero-order valence-electron chi connectivity index (χ0n) is 12.2. The van der Waals surface area contributed by atoms with Crippen LogP contribution < -0.4 is 10.6 Å². The first-order valence-corrected chi connectivity index (χ1v) is 7.02. The van der Waals surface area contributed by atoms with Crippen molar-refractivity contribution >= 4 is 5.95 Å². The molecule has 1 saturated heterocycles. The number of aromatic nitrogens is 3. The van der Waals surface area contributed by atoms with Crippen molar-refractivity contribution in [2.45, 2.75) is 13.8 Å². The fourth-order valence-corrected chi connectivity index (χ4v) is 2.58. The average Bonchev–Trinajstić information content (AvgIpc) is 2.49. The summed E-state index contributed by atoms with van der Waals surface area (Å²) in [5.74, 6) is 0.478. The Balaban J connectivity index is 2.00. The SMILES string of the molecule is Cc1cccc(C)c1-n1cnc(N2CCOCC2)nc1=O. The molecule has 0 radical (unpaired) electrons. The molecule has 1 fully saturated rings. The summed E-state index contributed by atoms with van der Waals surface area (Å²) in [5.41, 5.74) is 2.61. The van der Waals surface area contributed by atoms with E-state index >= 15 is 0 Å². The van der Waals surface area contributed by atoms with E-state index in [1.165, 1.54) is 4.57 Å². The molecule has 110 valence electrons. The second-order valence-corrected chi connectivity index (χ2v) is 5.15. The van der Waals surface area contributed by atoms with Gasteiger partial charge in [-0.15, -0.1) is 0 Å². The Morgan fingerprint density at radius 1 is 1.14 bits per heavy atom. The molecule has 2 aromatic rings. The summed E-state index contributed by atoms with van der Waals surface area (Å²) >= 11 is 0. The monoisotopic (exact) mass is 286 g/mol. The van der Waals surface area contributed by atoms with Crippen LogP contribution in [0.25, 0.3) is 5.69 Å². The molecule has 0 spiro atoms. The van der Waals surface area contributed by atoms with Crippen LogP contribution in [0.2, 0.25) is 0 Å². The molecule has 0 N–H and O–H groups in total. The Labute approximate surface area is 123 Å². The average molecular weight is 286 g/mol. The van der Waals surface area contributed by atoms with Crippen molar-refractivity contribution in [3.63, 3.8) is 0 Å². The quantitative estimate of drug-likeness (QED) is 0.827. The predicted octanol–water partition coefficient (Wildman–Crippen LogP) is 1.08. The number of nitrogens with zero attached hydrogens (tertiary/aromatic N) is 4. The van der Waals surface area contributed by atoms with Crippen LogP contribution in [0, 0.1) is 13.8 Å². The number of morpholine rings is 1. The Bertz CT molecular complexity index is 685. The fourth-order valence-electron chi connectivity index (χ4n) is 2.58. The number of rotatable bonds is 2. The maximum Gasteiger partial charge on any atom is 0.356 e. The van der Waals surface area contributed by atoms with Crippen LogP contribution in [0.5, 0.6) is 0 Å². The topological polar surface area (TPSA) is 60.3 Å². The lowest BCUT2D eigenvalue weighted by atomic mass is 10.1. The Hall–Kier alpha value is -2.21. The number of hydrogen-bond acceptors (Lipinski definition) is 5. The van der Waals surface area contributed by atoms with E-state index in [0.717, 1.165) is 16.8 Å². The van der Waals surface area contributed by atoms with Gasteiger partial charge >= 0.3 is 5.69 Å². The number of benzene rings is 1. The Morgan fingerprint density at radius 3 is 2.43 bits per heavy atom. The molecule has 2 heterocycles. The molecule has 21 heavy (non-hydrogen) atoms. The molecular formula is C15H18N4O2. The molecule has 6 heteroatoms. The van der Waals surface area contributed by atoms with Crippen LogP contribution in [0.15, 0.2) is 29.3 Å². The van der Waals surface area contributed by atoms with Gasteiger partial charge < -0.3 is 9.64 Å². The Kier molecular flexibility index (Phi) is 3.70. The van der Waals surface area contributed by atoms with Gasteiger partial charge in [0.2, 0.25) is 5.95 Å². The first-order valence-electron chi connectivity index (χ1n) is 7.02. The third-order valence-corrected chi connectivity index (χ3v) is 3.66. The van der Waals surface area contributed by atoms with E-state index in [2.05, 4.69) is 9.97 Å². The van der Waals surface area contributed by atoms with E-state index in [-0.39, 0.29) is 5.69 Å². The minimum atomic E-state index is -0.302. The minimum Gasteiger partial charge on any atom is -0.378 e. The van der Waals surface area contributed by atoms with Gasteiger partial charge in [-0.2, -0.15) is 4.98 Å². The highest BCUT2D eigenvalue weighted by Gasteiger charge is 2.16. The summed E-state index contributed by atoms with van der Waals surface area (Å²) in [4.78, 5) is 22.8. The molecule has 6 nitrogen and oxygen atoms in total. The zero-order valence-corrected chi connectivity index (χ0v) is 12.2. The first kappa shape index (κ1) is 13.8. The maximum absolute atomic E-state index is 12.3. The summed E-state index contributed by atoms with van der Waals surface area (Å²) < 4.78 is 6.80. The number of hydrogen-bond donors (Lipinski definition) is 0. The van der Waals surface area contributed by atoms with Gasteiger partial charge in [-0.05, 0) is 25.0 Å². The van der Waals surface area contributed by atoms with Gasteiger partial charge in [0.15, 0.2) is 0 Å². The molecule has 3 rings (SSSR count). The summed E-state index contributed by atoms with van der Waals surface area (Å²) in [7, 11) is 0. The highest BCUT2D eigenvalue weighted by molar-refractivity contribution is 5.46. The van der Waals surface area contributed by atoms with Crippen molar-refractivity contribution in [3.05, 3.63) is 46.1 Å². The van der Waals surface area contributed by atoms with Crippen molar-refractivity contribution in [2.24, 2.45) is 0 Å². The van der Waals surface area contributed by atoms with Crippen LogP contribution in [0.3, 0.4) is 0 Å². The number of aryl methyl sites for hydroxylation is 2. The van der Waals surface area contributed by atoms with Gasteiger partial charge in [-0.3, -0.25) is 4.57 Å². The van der Waals surface area contributed by atoms with Crippen molar-refractivity contribution in [1.29, 1.82) is 0 Å². The lowest BCUT2D eigenvalue weighted by Crippen LogP contribution is -2.39. The molecule has 0 amide bonds. The molecule has 0 aliphatic carbocycles. The molecule has 1 aliphatic heterocycles. The number of anilines is 1. The fraction of sp³-hybridized carbons (Fsp3) is 0.400. The van der Waals surface area contributed by atoms with Crippen molar-refractivity contribution < 1.29 is 4.74 Å². The summed E-state index contributed by atoms with van der Waals surface area (Å²) in [6.45, 7) is 6.67. The highest BCUT2D eigenvalue weighted by atomic mass is 16.5. The minimum absolute atomic E-state index is 0.302. The lowest BCUT2D eigenvalue weighted by Gasteiger charge is -2.26. The van der Waals surface area contributed by atoms with E-state index in [9.17, 15) is 4.79 Å². The molecule has 1 aliphatic rings. The first-order chi connectivity index (χ1) is 10.2. The predicted molar refractivity (Wildman–Crippen MR) is 80.1 cm³/mol. The van der Waals surface area contributed by atoms with Crippen molar-refractivity contribution in [1.82, 2.24) is 14.5 Å². The van der Waals surface area contributed by atoms with E-state index < -0.39 is 0 Å². The lowest BCUT2D eigenvalue weighted by molar-refractivity contribution is 0.122. The van der Waals surface area contributed by atoms with Gasteiger partial charge in [0.05, 0.1) is 18.9 Å². The smallest absolute Gasteiger partial charge is 0.356 e. The van der Waals surface area contributed by atoms with Crippen LogP contribution in [0.1, 0.15) is 11.1 Å². The largest absolute Gasteiger partial charge is 0.378 e. The molecule has 0 saturated carbocycles. The number of ether oxygens (including phenoxy) is 1. The number of para-hydroxylation sites is 1. The highest BCUT2D eigenvalue weighted by Crippen LogP contribution is 2.17. The maximum atomic E-state index is 12.3. The van der Waals surface area contributed by atoms with Crippen LogP contribution in [-0.2, 0) is 4.74 Å². The van der Waals surface area contributed by atoms with Crippen LogP contribution in [-0.4, -0.2) is 40.8 Å². The molecule has 0 bridgehead atoms. The molecule has 1 aromatic heterocycles. The third kappa shape index (κ3) is 2.67. The zero-order chi connectivity index (χ0) is 14.8. The van der Waals surface area contributed by atoms with Gasteiger partial charge in [-0.1, -0.05) is 18.2 Å². The normalized spacial score (nSPS) is 15.2. The van der Waals surface area contributed by atoms with Gasteiger partial charge in [-0.25, -0.2) is 9.78 Å². The van der Waals surface area contributed by atoms with Crippen molar-refractivity contribution in [2.75, 3.05) is 31.2 Å². The van der Waals surface area contributed by atoms with Crippen LogP contribution in [0.4, 0.5) is 5.95 Å². The van der Waals surface area contributed by atoms with Gasteiger partial charge in [0, 0.05) is 13.1 Å². The molecule has 0 unspecified atom stereocenters. The summed E-state index contributed by atoms with van der Waals surface area (Å²) in [6, 6.07) is 5.93. The third-order valence-electron chi connectivity index (χ3n) is 3.66. The second kappa shape index (κ2) is 5.65. The molecular weight excluding hydrogens is 268 g/mol. The van der Waals surface area contributed by atoms with Crippen LogP contribution >= 0.6 is 0 Å².